The van der Waals surface area contributed by atoms with Gasteiger partial charge in [-0.15, -0.1) is 0 Å². The van der Waals surface area contributed by atoms with Gasteiger partial charge < -0.3 is 14.5 Å². The van der Waals surface area contributed by atoms with Crippen LogP contribution in [0.15, 0.2) is 18.2 Å². The van der Waals surface area contributed by atoms with E-state index in [0.29, 0.717) is 45.0 Å². The van der Waals surface area contributed by atoms with Crippen molar-refractivity contribution in [3.8, 4) is 0 Å². The lowest BCUT2D eigenvalue weighted by Gasteiger charge is -2.36. The fraction of sp³-hybridized carbons (Fsp3) is 0.591. The van der Waals surface area contributed by atoms with Crippen LogP contribution in [0.25, 0.3) is 0 Å². The highest BCUT2D eigenvalue weighted by molar-refractivity contribution is 5.99. The predicted octanol–water partition coefficient (Wildman–Crippen LogP) is 2.36. The predicted molar refractivity (Wildman–Crippen MR) is 106 cm³/mol. The standard InChI is InChI=1S/C22H30N2O4/c1-16-5-6-17(2)19(14-16)20(25)7-8-21(26)24-9-3-4-18(15-24)22(27)23-10-12-28-13-11-23/h5-6,14,18H,3-4,7-13,15H2,1-2H3. The fourth-order valence-corrected chi connectivity index (χ4v) is 4.00. The average molecular weight is 386 g/mol. The summed E-state index contributed by atoms with van der Waals surface area (Å²) < 4.78 is 5.31. The second-order valence-electron chi connectivity index (χ2n) is 7.86. The van der Waals surface area contributed by atoms with Crippen molar-refractivity contribution < 1.29 is 19.1 Å². The number of nitrogens with zero attached hydrogens (tertiary/aromatic N) is 2. The molecule has 1 aromatic carbocycles. The van der Waals surface area contributed by atoms with Gasteiger partial charge in [0.05, 0.1) is 19.1 Å². The van der Waals surface area contributed by atoms with Crippen LogP contribution in [0.1, 0.15) is 47.2 Å². The highest BCUT2D eigenvalue weighted by Gasteiger charge is 2.31. The number of carbonyl (C=O) groups excluding carboxylic acids is 3. The molecule has 2 saturated heterocycles. The van der Waals surface area contributed by atoms with Crippen LogP contribution in [0.4, 0.5) is 0 Å². The van der Waals surface area contributed by atoms with E-state index >= 15 is 0 Å². The normalized spacial score (nSPS) is 20.1. The molecular formula is C22H30N2O4. The van der Waals surface area contributed by atoms with Crippen LogP contribution in [0.3, 0.4) is 0 Å². The maximum Gasteiger partial charge on any atom is 0.227 e. The largest absolute Gasteiger partial charge is 0.378 e. The Morgan fingerprint density at radius 2 is 1.79 bits per heavy atom. The van der Waals surface area contributed by atoms with Crippen LogP contribution in [0.2, 0.25) is 0 Å². The summed E-state index contributed by atoms with van der Waals surface area (Å²) in [7, 11) is 0. The highest BCUT2D eigenvalue weighted by atomic mass is 16.5. The Morgan fingerprint density at radius 3 is 2.54 bits per heavy atom. The number of benzene rings is 1. The minimum atomic E-state index is -0.134. The molecule has 6 nitrogen and oxygen atoms in total. The molecule has 6 heteroatoms. The van der Waals surface area contributed by atoms with E-state index in [1.165, 1.54) is 0 Å². The molecule has 0 saturated carbocycles. The van der Waals surface area contributed by atoms with Crippen LogP contribution in [0, 0.1) is 19.8 Å². The maximum atomic E-state index is 12.7. The molecule has 152 valence electrons. The van der Waals surface area contributed by atoms with Gasteiger partial charge in [0.1, 0.15) is 0 Å². The molecule has 2 amide bonds. The van der Waals surface area contributed by atoms with Crippen molar-refractivity contribution in [2.24, 2.45) is 5.92 Å². The molecule has 3 rings (SSSR count). The Bertz CT molecular complexity index is 740. The van der Waals surface area contributed by atoms with E-state index in [1.54, 1.807) is 4.90 Å². The summed E-state index contributed by atoms with van der Waals surface area (Å²) >= 11 is 0. The number of carbonyl (C=O) groups is 3. The van der Waals surface area contributed by atoms with Gasteiger partial charge in [0.15, 0.2) is 5.78 Å². The lowest BCUT2D eigenvalue weighted by atomic mass is 9.95. The lowest BCUT2D eigenvalue weighted by Crippen LogP contribution is -2.49. The molecule has 2 fully saturated rings. The molecular weight excluding hydrogens is 356 g/mol. The van der Waals surface area contributed by atoms with E-state index in [2.05, 4.69) is 0 Å². The zero-order valence-corrected chi connectivity index (χ0v) is 16.9. The number of likely N-dealkylation sites (tertiary alicyclic amines) is 1. The van der Waals surface area contributed by atoms with E-state index < -0.39 is 0 Å². The topological polar surface area (TPSA) is 66.9 Å². The number of hydrogen-bond acceptors (Lipinski definition) is 4. The Hall–Kier alpha value is -2.21. The molecule has 0 aromatic heterocycles. The van der Waals surface area contributed by atoms with E-state index in [0.717, 1.165) is 24.0 Å². The Kier molecular flexibility index (Phi) is 6.83. The smallest absolute Gasteiger partial charge is 0.227 e. The molecule has 2 aliphatic heterocycles. The van der Waals surface area contributed by atoms with Crippen molar-refractivity contribution >= 4 is 17.6 Å². The number of ether oxygens (including phenoxy) is 1. The molecule has 28 heavy (non-hydrogen) atoms. The lowest BCUT2D eigenvalue weighted by molar-refractivity contribution is -0.144. The third kappa shape index (κ3) is 4.98. The van der Waals surface area contributed by atoms with Gasteiger partial charge in [0.2, 0.25) is 11.8 Å². The third-order valence-electron chi connectivity index (χ3n) is 5.71. The van der Waals surface area contributed by atoms with E-state index in [-0.39, 0.29) is 36.4 Å². The van der Waals surface area contributed by atoms with Crippen LogP contribution in [0.5, 0.6) is 0 Å². The molecule has 0 spiro atoms. The van der Waals surface area contributed by atoms with Gasteiger partial charge in [-0.25, -0.2) is 0 Å². The van der Waals surface area contributed by atoms with Gasteiger partial charge in [0.25, 0.3) is 0 Å². The molecule has 0 bridgehead atoms. The first-order valence-corrected chi connectivity index (χ1v) is 10.2. The molecule has 2 heterocycles. The van der Waals surface area contributed by atoms with E-state index in [1.807, 2.05) is 36.9 Å². The minimum Gasteiger partial charge on any atom is -0.378 e. The molecule has 1 atom stereocenters. The molecule has 2 aliphatic rings. The summed E-state index contributed by atoms with van der Waals surface area (Å²) in [6, 6.07) is 5.81. The number of Topliss-reactive ketones (excluding diaryl/α,β-unsaturated/α-hetero) is 1. The van der Waals surface area contributed by atoms with Crippen molar-refractivity contribution in [3.63, 3.8) is 0 Å². The highest BCUT2D eigenvalue weighted by Crippen LogP contribution is 2.21. The summed E-state index contributed by atoms with van der Waals surface area (Å²) in [5.74, 6) is -0.0246. The minimum absolute atomic E-state index is 0.00695. The number of morpholine rings is 1. The molecule has 1 aromatic rings. The number of aryl methyl sites for hydroxylation is 2. The van der Waals surface area contributed by atoms with Gasteiger partial charge in [-0.1, -0.05) is 17.7 Å². The average Bonchev–Trinajstić information content (AvgIpc) is 2.73. The second kappa shape index (κ2) is 9.32. The summed E-state index contributed by atoms with van der Waals surface area (Å²) in [6.07, 6.45) is 2.06. The first-order valence-electron chi connectivity index (χ1n) is 10.2. The monoisotopic (exact) mass is 386 g/mol. The Balaban J connectivity index is 1.53. The summed E-state index contributed by atoms with van der Waals surface area (Å²) in [5, 5.41) is 0. The van der Waals surface area contributed by atoms with Crippen molar-refractivity contribution in [1.29, 1.82) is 0 Å². The molecule has 0 radical (unpaired) electrons. The maximum absolute atomic E-state index is 12.7. The Morgan fingerprint density at radius 1 is 1.04 bits per heavy atom. The molecule has 1 unspecified atom stereocenters. The fourth-order valence-electron chi connectivity index (χ4n) is 4.00. The van der Waals surface area contributed by atoms with Crippen LogP contribution in [-0.4, -0.2) is 66.8 Å². The van der Waals surface area contributed by atoms with E-state index in [9.17, 15) is 14.4 Å². The zero-order valence-electron chi connectivity index (χ0n) is 16.9. The van der Waals surface area contributed by atoms with Gasteiger partial charge in [0, 0.05) is 44.6 Å². The summed E-state index contributed by atoms with van der Waals surface area (Å²) in [5.41, 5.74) is 2.68. The second-order valence-corrected chi connectivity index (χ2v) is 7.86. The first-order chi connectivity index (χ1) is 13.5. The SMILES string of the molecule is Cc1ccc(C)c(C(=O)CCC(=O)N2CCCC(C(=O)N3CCOCC3)C2)c1. The number of amides is 2. The van der Waals surface area contributed by atoms with Crippen LogP contribution in [-0.2, 0) is 14.3 Å². The number of rotatable bonds is 5. The third-order valence-corrected chi connectivity index (χ3v) is 5.71. The number of piperidine rings is 1. The summed E-state index contributed by atoms with van der Waals surface area (Å²) in [6.45, 7) is 7.45. The summed E-state index contributed by atoms with van der Waals surface area (Å²) in [4.78, 5) is 41.5. The van der Waals surface area contributed by atoms with Crippen molar-refractivity contribution in [3.05, 3.63) is 34.9 Å². The first kappa shape index (κ1) is 20.5. The van der Waals surface area contributed by atoms with Gasteiger partial charge >= 0.3 is 0 Å². The van der Waals surface area contributed by atoms with Crippen LogP contribution < -0.4 is 0 Å². The number of hydrogen-bond donors (Lipinski definition) is 0. The molecule has 0 N–H and O–H groups in total. The molecule has 0 aliphatic carbocycles. The van der Waals surface area contributed by atoms with Gasteiger partial charge in [-0.3, -0.25) is 14.4 Å². The van der Waals surface area contributed by atoms with Gasteiger partial charge in [-0.05, 0) is 38.3 Å². The number of ketones is 1. The van der Waals surface area contributed by atoms with Crippen molar-refractivity contribution in [2.75, 3.05) is 39.4 Å². The van der Waals surface area contributed by atoms with Gasteiger partial charge in [-0.2, -0.15) is 0 Å². The van der Waals surface area contributed by atoms with Crippen molar-refractivity contribution in [2.45, 2.75) is 39.5 Å². The quantitative estimate of drug-likeness (QED) is 0.729. The Labute approximate surface area is 166 Å². The van der Waals surface area contributed by atoms with Crippen LogP contribution >= 0.6 is 0 Å². The zero-order chi connectivity index (χ0) is 20.1. The van der Waals surface area contributed by atoms with E-state index in [4.69, 9.17) is 4.74 Å². The van der Waals surface area contributed by atoms with Crippen molar-refractivity contribution in [1.82, 2.24) is 9.80 Å².